The van der Waals surface area contributed by atoms with Crippen molar-refractivity contribution in [3.05, 3.63) is 40.2 Å². The molecule has 1 saturated heterocycles. The number of nitro groups is 1. The Bertz CT molecular complexity index is 747. The van der Waals surface area contributed by atoms with Crippen molar-refractivity contribution in [2.45, 2.75) is 38.3 Å². The predicted octanol–water partition coefficient (Wildman–Crippen LogP) is 0.601. The number of benzene rings is 1. The van der Waals surface area contributed by atoms with Crippen molar-refractivity contribution >= 4 is 11.4 Å². The van der Waals surface area contributed by atoms with Crippen LogP contribution in [-0.2, 0) is 6.54 Å². The second-order valence-corrected chi connectivity index (χ2v) is 7.17. The van der Waals surface area contributed by atoms with Crippen LogP contribution in [0.25, 0.3) is 0 Å². The summed E-state index contributed by atoms with van der Waals surface area (Å²) in [6.45, 7) is 4.73. The first-order chi connectivity index (χ1) is 12.7. The molecule has 1 aromatic carbocycles. The van der Waals surface area contributed by atoms with Gasteiger partial charge in [0.2, 0.25) is 5.82 Å². The number of quaternary nitrogens is 1. The Morgan fingerprint density at radius 3 is 2.50 bits per heavy atom. The lowest BCUT2D eigenvalue weighted by Gasteiger charge is -2.33. The topological polar surface area (TPSA) is 94.4 Å². The van der Waals surface area contributed by atoms with Crippen molar-refractivity contribution < 1.29 is 9.82 Å². The number of non-ortho nitro benzene ring substituents is 1. The summed E-state index contributed by atoms with van der Waals surface area (Å²) in [4.78, 5) is 14.2. The Hall–Kier alpha value is -2.55. The van der Waals surface area contributed by atoms with Gasteiger partial charge in [-0.25, -0.2) is 4.68 Å². The molecule has 0 radical (unpaired) electrons. The average molecular weight is 358 g/mol. The Labute approximate surface area is 151 Å². The molecule has 2 aliphatic rings. The number of rotatable bonds is 5. The van der Waals surface area contributed by atoms with Crippen molar-refractivity contribution in [2.75, 3.05) is 31.1 Å². The Kier molecular flexibility index (Phi) is 4.79. The Balaban J connectivity index is 1.34. The van der Waals surface area contributed by atoms with Crippen molar-refractivity contribution in [1.82, 2.24) is 20.2 Å². The molecule has 2 heterocycles. The molecular formula is C17H24N7O2+. The quantitative estimate of drug-likeness (QED) is 0.621. The minimum atomic E-state index is -0.361. The van der Waals surface area contributed by atoms with Gasteiger partial charge in [0, 0.05) is 17.8 Å². The third-order valence-electron chi connectivity index (χ3n) is 5.54. The lowest BCUT2D eigenvalue weighted by molar-refractivity contribution is -0.915. The number of hydrogen-bond donors (Lipinski definition) is 1. The van der Waals surface area contributed by atoms with Gasteiger partial charge in [0.1, 0.15) is 6.54 Å². The third kappa shape index (κ3) is 3.52. The minimum Gasteiger partial charge on any atom is -0.360 e. The summed E-state index contributed by atoms with van der Waals surface area (Å²) >= 11 is 0. The molecule has 1 aliphatic heterocycles. The van der Waals surface area contributed by atoms with E-state index < -0.39 is 0 Å². The van der Waals surface area contributed by atoms with Crippen LogP contribution >= 0.6 is 0 Å². The largest absolute Gasteiger partial charge is 0.360 e. The normalized spacial score (nSPS) is 19.2. The van der Waals surface area contributed by atoms with E-state index in [9.17, 15) is 10.1 Å². The summed E-state index contributed by atoms with van der Waals surface area (Å²) in [7, 11) is 0. The van der Waals surface area contributed by atoms with Crippen LogP contribution < -0.4 is 9.80 Å². The van der Waals surface area contributed by atoms with Gasteiger partial charge in [-0.05, 0) is 35.4 Å². The lowest BCUT2D eigenvalue weighted by atomic mass is 10.2. The zero-order valence-corrected chi connectivity index (χ0v) is 14.8. The van der Waals surface area contributed by atoms with Crippen molar-refractivity contribution in [2.24, 2.45) is 0 Å². The number of anilines is 1. The molecule has 2 fully saturated rings. The second kappa shape index (κ2) is 7.36. The van der Waals surface area contributed by atoms with Crippen LogP contribution in [0.4, 0.5) is 11.4 Å². The molecule has 0 atom stereocenters. The van der Waals surface area contributed by atoms with E-state index in [0.717, 1.165) is 44.2 Å². The fourth-order valence-electron chi connectivity index (χ4n) is 4.03. The molecular weight excluding hydrogens is 334 g/mol. The highest BCUT2D eigenvalue weighted by Gasteiger charge is 2.26. The van der Waals surface area contributed by atoms with E-state index in [2.05, 4.69) is 20.4 Å². The van der Waals surface area contributed by atoms with E-state index in [0.29, 0.717) is 6.04 Å². The van der Waals surface area contributed by atoms with Gasteiger partial charge in [0.05, 0.1) is 37.1 Å². The number of tetrazole rings is 1. The summed E-state index contributed by atoms with van der Waals surface area (Å²) in [5.74, 6) is 0.996. The molecule has 0 amide bonds. The van der Waals surface area contributed by atoms with Gasteiger partial charge >= 0.3 is 0 Å². The summed E-state index contributed by atoms with van der Waals surface area (Å²) in [5.41, 5.74) is 1.18. The first-order valence-corrected chi connectivity index (χ1v) is 9.30. The SMILES string of the molecule is O=[N+]([O-])c1ccc(N2CC[NH+](Cc3nnnn3C3CCCC3)CC2)cc1. The van der Waals surface area contributed by atoms with Crippen LogP contribution in [0.1, 0.15) is 37.5 Å². The van der Waals surface area contributed by atoms with Gasteiger partial charge < -0.3 is 9.80 Å². The van der Waals surface area contributed by atoms with E-state index in [1.165, 1.54) is 30.6 Å². The van der Waals surface area contributed by atoms with Gasteiger partial charge in [-0.1, -0.05) is 12.8 Å². The van der Waals surface area contributed by atoms with E-state index >= 15 is 0 Å². The maximum absolute atomic E-state index is 10.8. The fraction of sp³-hybridized carbons (Fsp3) is 0.588. The molecule has 1 N–H and O–H groups in total. The average Bonchev–Trinajstić information content (AvgIpc) is 3.34. The van der Waals surface area contributed by atoms with Crippen LogP contribution in [0.15, 0.2) is 24.3 Å². The van der Waals surface area contributed by atoms with E-state index in [1.54, 1.807) is 12.1 Å². The highest BCUT2D eigenvalue weighted by Crippen LogP contribution is 2.28. The first-order valence-electron chi connectivity index (χ1n) is 9.30. The molecule has 26 heavy (non-hydrogen) atoms. The molecule has 0 unspecified atom stereocenters. The molecule has 1 aromatic heterocycles. The Morgan fingerprint density at radius 1 is 1.15 bits per heavy atom. The van der Waals surface area contributed by atoms with Crippen molar-refractivity contribution in [1.29, 1.82) is 0 Å². The highest BCUT2D eigenvalue weighted by atomic mass is 16.6. The molecule has 9 heteroatoms. The van der Waals surface area contributed by atoms with Gasteiger partial charge in [-0.15, -0.1) is 5.10 Å². The van der Waals surface area contributed by atoms with Crippen LogP contribution in [0.3, 0.4) is 0 Å². The van der Waals surface area contributed by atoms with E-state index in [-0.39, 0.29) is 10.6 Å². The predicted molar refractivity (Wildman–Crippen MR) is 95.0 cm³/mol. The van der Waals surface area contributed by atoms with Crippen molar-refractivity contribution in [3.8, 4) is 0 Å². The molecule has 4 rings (SSSR count). The highest BCUT2D eigenvalue weighted by molar-refractivity contribution is 5.50. The van der Waals surface area contributed by atoms with Crippen LogP contribution in [-0.4, -0.2) is 51.3 Å². The van der Waals surface area contributed by atoms with Gasteiger partial charge in [-0.3, -0.25) is 10.1 Å². The van der Waals surface area contributed by atoms with Gasteiger partial charge in [-0.2, -0.15) is 0 Å². The third-order valence-corrected chi connectivity index (χ3v) is 5.54. The fourth-order valence-corrected chi connectivity index (χ4v) is 4.03. The maximum atomic E-state index is 10.8. The monoisotopic (exact) mass is 358 g/mol. The number of nitrogens with zero attached hydrogens (tertiary/aromatic N) is 6. The number of aromatic nitrogens is 4. The minimum absolute atomic E-state index is 0.136. The Morgan fingerprint density at radius 2 is 1.85 bits per heavy atom. The summed E-state index contributed by atoms with van der Waals surface area (Å²) < 4.78 is 2.04. The molecule has 0 spiro atoms. The molecule has 2 aromatic rings. The zero-order valence-electron chi connectivity index (χ0n) is 14.8. The zero-order chi connectivity index (χ0) is 17.9. The molecule has 1 saturated carbocycles. The number of piperazine rings is 1. The van der Waals surface area contributed by atoms with E-state index in [1.807, 2.05) is 16.8 Å². The second-order valence-electron chi connectivity index (χ2n) is 7.17. The van der Waals surface area contributed by atoms with Crippen molar-refractivity contribution in [3.63, 3.8) is 0 Å². The first kappa shape index (κ1) is 16.9. The van der Waals surface area contributed by atoms with Gasteiger partial charge in [0.25, 0.3) is 5.69 Å². The maximum Gasteiger partial charge on any atom is 0.269 e. The molecule has 138 valence electrons. The molecule has 1 aliphatic carbocycles. The molecule has 9 nitrogen and oxygen atoms in total. The van der Waals surface area contributed by atoms with Crippen LogP contribution in [0, 0.1) is 10.1 Å². The van der Waals surface area contributed by atoms with E-state index in [4.69, 9.17) is 0 Å². The smallest absolute Gasteiger partial charge is 0.269 e. The molecule has 0 bridgehead atoms. The van der Waals surface area contributed by atoms with Crippen LogP contribution in [0.2, 0.25) is 0 Å². The van der Waals surface area contributed by atoms with Gasteiger partial charge in [0.15, 0.2) is 0 Å². The number of nitro benzene ring substituents is 1. The number of hydrogen-bond acceptors (Lipinski definition) is 6. The summed E-state index contributed by atoms with van der Waals surface area (Å²) in [6.07, 6.45) is 4.90. The summed E-state index contributed by atoms with van der Waals surface area (Å²) in [5, 5.41) is 23.2. The summed E-state index contributed by atoms with van der Waals surface area (Å²) in [6, 6.07) is 7.29. The lowest BCUT2D eigenvalue weighted by Crippen LogP contribution is -3.13. The number of nitrogens with one attached hydrogen (secondary N) is 1. The standard InChI is InChI=1S/C17H23N7O2/c25-24(26)16-7-5-14(6-8-16)22-11-9-21(10-12-22)13-17-18-19-20-23(17)15-3-1-2-4-15/h5-8,15H,1-4,9-13H2/p+1. The van der Waals surface area contributed by atoms with Crippen LogP contribution in [0.5, 0.6) is 0 Å².